The molecule has 2 aliphatic rings. The average Bonchev–Trinajstić information content (AvgIpc) is 3.43. The van der Waals surface area contributed by atoms with E-state index in [0.29, 0.717) is 19.8 Å². The van der Waals surface area contributed by atoms with Crippen LogP contribution in [-0.2, 0) is 16.0 Å². The number of nitrogens with one attached hydrogen (secondary N) is 4. The zero-order valence-electron chi connectivity index (χ0n) is 16.5. The van der Waals surface area contributed by atoms with Gasteiger partial charge < -0.3 is 20.4 Å². The van der Waals surface area contributed by atoms with Crippen LogP contribution in [-0.4, -0.2) is 71.1 Å². The molecule has 1 aromatic carbocycles. The maximum absolute atomic E-state index is 13.2. The number of amides is 1. The molecule has 0 radical (unpaired) electrons. The lowest BCUT2D eigenvalue weighted by molar-refractivity contribution is -0.131. The first-order valence-electron chi connectivity index (χ1n) is 10.2. The predicted molar refractivity (Wildman–Crippen MR) is 114 cm³/mol. The maximum Gasteiger partial charge on any atom is 0.235 e. The van der Waals surface area contributed by atoms with Gasteiger partial charge in [0.25, 0.3) is 0 Å². The van der Waals surface area contributed by atoms with Crippen molar-refractivity contribution in [2.45, 2.75) is 24.8 Å². The molecule has 2 aliphatic heterocycles. The van der Waals surface area contributed by atoms with Crippen molar-refractivity contribution in [1.82, 2.24) is 35.8 Å². The van der Waals surface area contributed by atoms with Crippen LogP contribution < -0.4 is 16.0 Å². The lowest BCUT2D eigenvalue weighted by Gasteiger charge is -2.43. The van der Waals surface area contributed by atoms with Gasteiger partial charge in [-0.05, 0) is 12.1 Å². The molecule has 2 saturated heterocycles. The molecule has 0 saturated carbocycles. The number of hydrogen-bond acceptors (Lipinski definition) is 8. The van der Waals surface area contributed by atoms with Crippen LogP contribution in [0.5, 0.6) is 0 Å². The van der Waals surface area contributed by atoms with E-state index in [1.807, 2.05) is 30.5 Å². The molecule has 2 aromatic heterocycles. The van der Waals surface area contributed by atoms with E-state index in [1.165, 1.54) is 0 Å². The van der Waals surface area contributed by atoms with Gasteiger partial charge in [0.15, 0.2) is 0 Å². The van der Waals surface area contributed by atoms with Crippen LogP contribution in [0.1, 0.15) is 16.7 Å². The van der Waals surface area contributed by atoms with Gasteiger partial charge in [-0.15, -0.1) is 11.3 Å². The SMILES string of the molecule is O=C1NC(N2CCOCC2)NC(NCCc2ncc[nH]2)C1c1nc2ccccc2s1. The Bertz CT molecular complexity index is 953. The molecule has 3 aromatic rings. The molecule has 4 N–H and O–H groups in total. The number of hydrogen-bond donors (Lipinski definition) is 4. The normalized spacial score (nSPS) is 25.5. The molecule has 0 aliphatic carbocycles. The molecule has 158 valence electrons. The topological polar surface area (TPSA) is 107 Å². The number of morpholine rings is 1. The van der Waals surface area contributed by atoms with E-state index >= 15 is 0 Å². The number of carbonyl (C=O) groups excluding carboxylic acids is 1. The third kappa shape index (κ3) is 4.09. The van der Waals surface area contributed by atoms with E-state index in [-0.39, 0.29) is 18.4 Å². The molecular formula is C20H25N7O2S. The van der Waals surface area contributed by atoms with Gasteiger partial charge in [0.1, 0.15) is 23.0 Å². The minimum Gasteiger partial charge on any atom is -0.379 e. The number of imidazole rings is 1. The predicted octanol–water partition coefficient (Wildman–Crippen LogP) is 0.597. The molecule has 0 bridgehead atoms. The number of para-hydroxylation sites is 1. The number of nitrogens with zero attached hydrogens (tertiary/aromatic N) is 3. The van der Waals surface area contributed by atoms with Crippen LogP contribution in [0, 0.1) is 0 Å². The molecular weight excluding hydrogens is 402 g/mol. The Labute approximate surface area is 178 Å². The second-order valence-corrected chi connectivity index (χ2v) is 8.50. The fourth-order valence-electron chi connectivity index (χ4n) is 3.95. The first-order valence-corrected chi connectivity index (χ1v) is 11.0. The summed E-state index contributed by atoms with van der Waals surface area (Å²) in [4.78, 5) is 27.6. The lowest BCUT2D eigenvalue weighted by atomic mass is 10.0. The summed E-state index contributed by atoms with van der Waals surface area (Å²) in [5.74, 6) is 0.500. The highest BCUT2D eigenvalue weighted by atomic mass is 32.1. The zero-order chi connectivity index (χ0) is 20.3. The molecule has 5 rings (SSSR count). The molecule has 9 nitrogen and oxygen atoms in total. The van der Waals surface area contributed by atoms with Gasteiger partial charge in [-0.3, -0.25) is 15.0 Å². The van der Waals surface area contributed by atoms with Gasteiger partial charge >= 0.3 is 0 Å². The van der Waals surface area contributed by atoms with Gasteiger partial charge in [0.05, 0.1) is 29.6 Å². The second kappa shape index (κ2) is 8.78. The number of benzene rings is 1. The van der Waals surface area contributed by atoms with Crippen molar-refractivity contribution in [2.75, 3.05) is 32.8 Å². The van der Waals surface area contributed by atoms with Crippen molar-refractivity contribution in [3.05, 3.63) is 47.5 Å². The van der Waals surface area contributed by atoms with Crippen LogP contribution in [0.25, 0.3) is 10.2 Å². The molecule has 3 unspecified atom stereocenters. The number of thiazole rings is 1. The second-order valence-electron chi connectivity index (χ2n) is 7.44. The number of ether oxygens (including phenoxy) is 1. The molecule has 4 heterocycles. The van der Waals surface area contributed by atoms with Crippen LogP contribution in [0.3, 0.4) is 0 Å². The Kier molecular flexibility index (Phi) is 5.73. The van der Waals surface area contributed by atoms with E-state index in [1.54, 1.807) is 17.5 Å². The number of aromatic amines is 1. The Morgan fingerprint density at radius 1 is 1.27 bits per heavy atom. The third-order valence-electron chi connectivity index (χ3n) is 5.50. The summed E-state index contributed by atoms with van der Waals surface area (Å²) in [6.07, 6.45) is 3.86. The van der Waals surface area contributed by atoms with E-state index in [0.717, 1.165) is 40.6 Å². The van der Waals surface area contributed by atoms with Gasteiger partial charge in [-0.25, -0.2) is 9.97 Å². The van der Waals surface area contributed by atoms with Gasteiger partial charge in [-0.1, -0.05) is 12.1 Å². The fourth-order valence-corrected chi connectivity index (χ4v) is 5.06. The summed E-state index contributed by atoms with van der Waals surface area (Å²) < 4.78 is 6.55. The largest absolute Gasteiger partial charge is 0.379 e. The highest BCUT2D eigenvalue weighted by molar-refractivity contribution is 7.18. The summed E-state index contributed by atoms with van der Waals surface area (Å²) in [7, 11) is 0. The third-order valence-corrected chi connectivity index (χ3v) is 6.62. The number of rotatable bonds is 6. The maximum atomic E-state index is 13.2. The van der Waals surface area contributed by atoms with Crippen LogP contribution in [0.15, 0.2) is 36.7 Å². The molecule has 2 fully saturated rings. The number of H-pyrrole nitrogens is 1. The van der Waals surface area contributed by atoms with Crippen LogP contribution >= 0.6 is 11.3 Å². The molecule has 30 heavy (non-hydrogen) atoms. The van der Waals surface area contributed by atoms with Crippen molar-refractivity contribution >= 4 is 27.5 Å². The fraction of sp³-hybridized carbons (Fsp3) is 0.450. The lowest BCUT2D eigenvalue weighted by Crippen LogP contribution is -2.70. The van der Waals surface area contributed by atoms with E-state index in [4.69, 9.17) is 9.72 Å². The monoisotopic (exact) mass is 427 g/mol. The average molecular weight is 428 g/mol. The summed E-state index contributed by atoms with van der Waals surface area (Å²) in [6.45, 7) is 3.60. The Morgan fingerprint density at radius 2 is 2.13 bits per heavy atom. The van der Waals surface area contributed by atoms with Gasteiger partial charge in [-0.2, -0.15) is 0 Å². The van der Waals surface area contributed by atoms with Crippen molar-refractivity contribution in [1.29, 1.82) is 0 Å². The molecule has 0 spiro atoms. The van der Waals surface area contributed by atoms with Gasteiger partial charge in [0, 0.05) is 38.4 Å². The number of carbonyl (C=O) groups is 1. The minimum atomic E-state index is -0.406. The quantitative estimate of drug-likeness (QED) is 0.456. The van der Waals surface area contributed by atoms with E-state index < -0.39 is 5.92 Å². The summed E-state index contributed by atoms with van der Waals surface area (Å²) in [5.41, 5.74) is 0.926. The number of fused-ring (bicyclic) bond motifs is 1. The smallest absolute Gasteiger partial charge is 0.235 e. The first kappa shape index (κ1) is 19.6. The van der Waals surface area contributed by atoms with E-state index in [9.17, 15) is 4.79 Å². The van der Waals surface area contributed by atoms with Crippen LogP contribution in [0.4, 0.5) is 0 Å². The number of aromatic nitrogens is 3. The van der Waals surface area contributed by atoms with E-state index in [2.05, 4.69) is 30.8 Å². The molecule has 10 heteroatoms. The summed E-state index contributed by atoms with van der Waals surface area (Å²) in [5, 5.41) is 11.1. The first-order chi connectivity index (χ1) is 14.8. The zero-order valence-corrected chi connectivity index (χ0v) is 17.3. The highest BCUT2D eigenvalue weighted by Gasteiger charge is 2.40. The van der Waals surface area contributed by atoms with Crippen molar-refractivity contribution < 1.29 is 9.53 Å². The summed E-state index contributed by atoms with van der Waals surface area (Å²) in [6, 6.07) is 8.00. The summed E-state index contributed by atoms with van der Waals surface area (Å²) >= 11 is 1.58. The molecule has 3 atom stereocenters. The van der Waals surface area contributed by atoms with Crippen molar-refractivity contribution in [3.8, 4) is 0 Å². The standard InChI is InChI=1S/C20H25N7O2S/c28-18-16(19-24-13-3-1-2-4-14(13)30-19)17(23-6-5-15-21-7-8-22-15)25-20(26-18)27-9-11-29-12-10-27/h1-4,7-8,16-17,20,23,25H,5-6,9-12H2,(H,21,22)(H,26,28). The Hall–Kier alpha value is -2.37. The minimum absolute atomic E-state index is 0.0141. The van der Waals surface area contributed by atoms with Gasteiger partial charge in [0.2, 0.25) is 5.91 Å². The van der Waals surface area contributed by atoms with Crippen molar-refractivity contribution in [3.63, 3.8) is 0 Å². The Balaban J connectivity index is 1.37. The van der Waals surface area contributed by atoms with Crippen molar-refractivity contribution in [2.24, 2.45) is 0 Å². The Morgan fingerprint density at radius 3 is 2.93 bits per heavy atom. The van der Waals surface area contributed by atoms with Crippen LogP contribution in [0.2, 0.25) is 0 Å². The molecule has 1 amide bonds. The highest BCUT2D eigenvalue weighted by Crippen LogP contribution is 2.31.